The Kier molecular flexibility index (Phi) is 8.56. The molecule has 8 rings (SSSR count). The number of aryl methyl sites for hydroxylation is 4. The molecule has 2 heteroatoms. The lowest BCUT2D eigenvalue weighted by Gasteiger charge is -2.22. The minimum atomic E-state index is -2.15. The van der Waals surface area contributed by atoms with Crippen LogP contribution >= 0.6 is 0 Å². The fourth-order valence-electron chi connectivity index (χ4n) is 7.60. The molecule has 0 amide bonds. The van der Waals surface area contributed by atoms with Crippen molar-refractivity contribution in [3.8, 4) is 55.9 Å². The maximum absolute atomic E-state index is 9.01. The Morgan fingerprint density at radius 3 is 1.94 bits per heavy atom. The largest absolute Gasteiger partial charge is 0.256 e. The van der Waals surface area contributed by atoms with Gasteiger partial charge in [-0.25, -0.2) is 0 Å². The summed E-state index contributed by atoms with van der Waals surface area (Å²) in [5.74, 6) is -0.446. The summed E-state index contributed by atoms with van der Waals surface area (Å²) < 4.78 is 31.8. The zero-order chi connectivity index (χ0) is 38.7. The van der Waals surface area contributed by atoms with Crippen molar-refractivity contribution in [1.29, 1.82) is 0 Å². The van der Waals surface area contributed by atoms with Crippen LogP contribution in [-0.4, -0.2) is 9.97 Å². The van der Waals surface area contributed by atoms with Crippen LogP contribution in [0.25, 0.3) is 55.9 Å². The maximum Gasteiger partial charge on any atom is 0.0708 e. The standard InChI is InChI=1S/C50H46N2/c1-35-12-27-49(52-34-35)43-17-15-37(16-18-43)13-14-38-30-36(2)31-46(32-38)48-11-7-6-10-47(48)42-23-25-44(26-24-42)50-33-45(28-29-51-50)41-21-19-40(20-22-41)39-8-4-3-5-9-39/h6-7,10-12,15-34,39H,3-5,8-9,13-14H2,1-2H3/i1D3,39D. The summed E-state index contributed by atoms with van der Waals surface area (Å²) in [6.07, 6.45) is 10.6. The number of rotatable bonds is 9. The van der Waals surface area contributed by atoms with E-state index in [-0.39, 0.29) is 5.56 Å². The second-order valence-corrected chi connectivity index (χ2v) is 14.1. The fraction of sp³-hybridized carbons (Fsp3) is 0.200. The average molecular weight is 679 g/mol. The third-order valence-electron chi connectivity index (χ3n) is 10.4. The van der Waals surface area contributed by atoms with Crippen LogP contribution in [0.5, 0.6) is 0 Å². The van der Waals surface area contributed by atoms with E-state index in [4.69, 9.17) is 10.5 Å². The van der Waals surface area contributed by atoms with Crippen LogP contribution in [0.3, 0.4) is 0 Å². The molecule has 2 nitrogen and oxygen atoms in total. The van der Waals surface area contributed by atoms with Gasteiger partial charge in [0.2, 0.25) is 0 Å². The normalized spacial score (nSPS) is 15.2. The van der Waals surface area contributed by atoms with E-state index in [2.05, 4.69) is 139 Å². The predicted molar refractivity (Wildman–Crippen MR) is 218 cm³/mol. The fourth-order valence-corrected chi connectivity index (χ4v) is 7.60. The molecule has 256 valence electrons. The van der Waals surface area contributed by atoms with E-state index in [0.29, 0.717) is 0 Å². The van der Waals surface area contributed by atoms with Gasteiger partial charge in [0, 0.05) is 29.0 Å². The van der Waals surface area contributed by atoms with Gasteiger partial charge < -0.3 is 0 Å². The molecule has 1 saturated carbocycles. The lowest BCUT2D eigenvalue weighted by Crippen LogP contribution is -2.04. The molecule has 0 spiro atoms. The van der Waals surface area contributed by atoms with E-state index in [0.717, 1.165) is 83.3 Å². The van der Waals surface area contributed by atoms with E-state index < -0.39 is 12.7 Å². The first-order valence-electron chi connectivity index (χ1n) is 20.6. The molecular formula is C50H46N2. The Hall–Kier alpha value is -5.60. The van der Waals surface area contributed by atoms with Crippen LogP contribution in [0.4, 0.5) is 0 Å². The van der Waals surface area contributed by atoms with Crippen molar-refractivity contribution < 1.29 is 5.48 Å². The molecule has 1 fully saturated rings. The summed E-state index contributed by atoms with van der Waals surface area (Å²) in [4.78, 5) is 9.14. The van der Waals surface area contributed by atoms with E-state index in [9.17, 15) is 0 Å². The third-order valence-corrected chi connectivity index (χ3v) is 10.4. The number of hydrogen-bond donors (Lipinski definition) is 0. The highest BCUT2D eigenvalue weighted by molar-refractivity contribution is 5.85. The van der Waals surface area contributed by atoms with Gasteiger partial charge in [0.25, 0.3) is 0 Å². The van der Waals surface area contributed by atoms with Gasteiger partial charge in [-0.1, -0.05) is 146 Å². The van der Waals surface area contributed by atoms with Gasteiger partial charge in [0.1, 0.15) is 0 Å². The smallest absolute Gasteiger partial charge is 0.0708 e. The third kappa shape index (κ3) is 7.67. The van der Waals surface area contributed by atoms with Crippen molar-refractivity contribution in [3.63, 3.8) is 0 Å². The van der Waals surface area contributed by atoms with Crippen LogP contribution in [0.1, 0.15) is 71.3 Å². The summed E-state index contributed by atoms with van der Waals surface area (Å²) >= 11 is 0. The van der Waals surface area contributed by atoms with Crippen molar-refractivity contribution in [2.75, 3.05) is 0 Å². The molecule has 0 atom stereocenters. The summed E-state index contributed by atoms with van der Waals surface area (Å²) in [6, 6.07) is 49.0. The second kappa shape index (κ2) is 15.3. The van der Waals surface area contributed by atoms with E-state index in [1.165, 1.54) is 46.0 Å². The highest BCUT2D eigenvalue weighted by atomic mass is 14.7. The highest BCUT2D eigenvalue weighted by Gasteiger charge is 2.16. The number of aromatic nitrogens is 2. The first-order chi connectivity index (χ1) is 27.1. The summed E-state index contributed by atoms with van der Waals surface area (Å²) in [5, 5.41) is 0. The monoisotopic (exact) mass is 678 g/mol. The Morgan fingerprint density at radius 1 is 0.538 bits per heavy atom. The van der Waals surface area contributed by atoms with E-state index in [1.807, 2.05) is 6.20 Å². The topological polar surface area (TPSA) is 25.8 Å². The molecule has 0 radical (unpaired) electrons. The molecule has 0 aliphatic heterocycles. The van der Waals surface area contributed by atoms with Gasteiger partial charge in [-0.3, -0.25) is 9.97 Å². The molecule has 5 aromatic carbocycles. The molecule has 52 heavy (non-hydrogen) atoms. The quantitative estimate of drug-likeness (QED) is 0.152. The Labute approximate surface area is 314 Å². The lowest BCUT2D eigenvalue weighted by molar-refractivity contribution is 0.443. The van der Waals surface area contributed by atoms with Crippen LogP contribution in [0.2, 0.25) is 0 Å². The van der Waals surface area contributed by atoms with E-state index in [1.54, 1.807) is 12.1 Å². The van der Waals surface area contributed by atoms with Gasteiger partial charge in [-0.2, -0.15) is 0 Å². The molecule has 1 aliphatic carbocycles. The number of hydrogen-bond acceptors (Lipinski definition) is 2. The van der Waals surface area contributed by atoms with Crippen LogP contribution in [-0.2, 0) is 12.8 Å². The first kappa shape index (κ1) is 29.0. The molecule has 2 heterocycles. The van der Waals surface area contributed by atoms with Crippen molar-refractivity contribution in [1.82, 2.24) is 9.97 Å². The van der Waals surface area contributed by atoms with Crippen LogP contribution < -0.4 is 0 Å². The van der Waals surface area contributed by atoms with Crippen molar-refractivity contribution in [2.45, 2.75) is 64.6 Å². The molecule has 7 aromatic rings. The lowest BCUT2D eigenvalue weighted by atomic mass is 9.84. The Morgan fingerprint density at radius 2 is 1.21 bits per heavy atom. The first-order valence-corrected chi connectivity index (χ1v) is 18.6. The van der Waals surface area contributed by atoms with Gasteiger partial charge in [0.15, 0.2) is 0 Å². The van der Waals surface area contributed by atoms with Crippen LogP contribution in [0.15, 0.2) is 152 Å². The van der Waals surface area contributed by atoms with Crippen molar-refractivity contribution >= 4 is 0 Å². The molecule has 0 N–H and O–H groups in total. The van der Waals surface area contributed by atoms with Gasteiger partial charge in [-0.15, -0.1) is 0 Å². The van der Waals surface area contributed by atoms with E-state index >= 15 is 0 Å². The number of nitrogens with zero attached hydrogens (tertiary/aromatic N) is 2. The van der Waals surface area contributed by atoms with Crippen molar-refractivity contribution in [3.05, 3.63) is 180 Å². The molecule has 0 bridgehead atoms. The predicted octanol–water partition coefficient (Wildman–Crippen LogP) is 13.3. The Bertz CT molecular complexity index is 2430. The van der Waals surface area contributed by atoms with Gasteiger partial charge in [-0.05, 0) is 119 Å². The van der Waals surface area contributed by atoms with Crippen LogP contribution in [0, 0.1) is 13.8 Å². The minimum Gasteiger partial charge on any atom is -0.256 e. The summed E-state index contributed by atoms with van der Waals surface area (Å²) in [5.41, 5.74) is 16.0. The highest BCUT2D eigenvalue weighted by Crippen LogP contribution is 2.36. The Balaban J connectivity index is 0.967. The average Bonchev–Trinajstić information content (AvgIpc) is 3.23. The zero-order valence-corrected chi connectivity index (χ0v) is 29.8. The molecule has 2 aromatic heterocycles. The summed E-state index contributed by atoms with van der Waals surface area (Å²) in [6.45, 7) is 0.0176. The van der Waals surface area contributed by atoms with Crippen molar-refractivity contribution in [2.24, 2.45) is 0 Å². The second-order valence-electron chi connectivity index (χ2n) is 14.1. The maximum atomic E-state index is 9.01. The molecule has 0 saturated heterocycles. The number of pyridine rings is 2. The number of benzene rings is 5. The molecule has 0 unspecified atom stereocenters. The molecular weight excluding hydrogens is 629 g/mol. The SMILES string of the molecule is [2H]C([2H])([2H])c1ccc(-c2ccc(CCc3cc(C)cc(-c4ccccc4-c4ccc(-c5cc(-c6ccc(C7([2H])CCCCC7)cc6)ccn5)cc4)c3)cc2)nc1. The van der Waals surface area contributed by atoms with Gasteiger partial charge >= 0.3 is 0 Å². The minimum absolute atomic E-state index is 0.252. The zero-order valence-electron chi connectivity index (χ0n) is 33.8. The summed E-state index contributed by atoms with van der Waals surface area (Å²) in [7, 11) is 0. The molecule has 1 aliphatic rings. The van der Waals surface area contributed by atoms with Gasteiger partial charge in [0.05, 0.1) is 11.4 Å².